The summed E-state index contributed by atoms with van der Waals surface area (Å²) in [5.74, 6) is 0.621. The highest BCUT2D eigenvalue weighted by Gasteiger charge is 2.16. The first-order chi connectivity index (χ1) is 9.56. The highest BCUT2D eigenvalue weighted by atomic mass is 16.3. The van der Waals surface area contributed by atoms with Gasteiger partial charge in [0.2, 0.25) is 0 Å². The van der Waals surface area contributed by atoms with Crippen LogP contribution in [0.15, 0.2) is 42.5 Å². The molecule has 1 atom stereocenters. The number of imidazole rings is 1. The molecule has 1 heterocycles. The number of nitrogens with zero attached hydrogens (tertiary/aromatic N) is 2. The van der Waals surface area contributed by atoms with Gasteiger partial charge in [0, 0.05) is 11.4 Å². The van der Waals surface area contributed by atoms with Crippen molar-refractivity contribution in [2.24, 2.45) is 0 Å². The summed E-state index contributed by atoms with van der Waals surface area (Å²) in [6, 6.07) is 13.7. The minimum absolute atomic E-state index is 0.621. The summed E-state index contributed by atoms with van der Waals surface area (Å²) in [6.45, 7) is 3.76. The van der Waals surface area contributed by atoms with Crippen LogP contribution in [0.3, 0.4) is 0 Å². The average molecular weight is 267 g/mol. The first-order valence-corrected chi connectivity index (χ1v) is 6.59. The quantitative estimate of drug-likeness (QED) is 0.702. The smallest absolute Gasteiger partial charge is 0.143 e. The second-order valence-corrected chi connectivity index (χ2v) is 5.07. The molecule has 1 unspecified atom stereocenters. The fraction of sp³-hybridized carbons (Fsp3) is 0.188. The summed E-state index contributed by atoms with van der Waals surface area (Å²) >= 11 is 0. The van der Waals surface area contributed by atoms with Crippen molar-refractivity contribution in [3.8, 4) is 5.69 Å². The third-order valence-electron chi connectivity index (χ3n) is 3.34. The van der Waals surface area contributed by atoms with Crippen LogP contribution in [0.2, 0.25) is 0 Å². The van der Waals surface area contributed by atoms with Gasteiger partial charge in [0.15, 0.2) is 0 Å². The molecule has 0 amide bonds. The first-order valence-electron chi connectivity index (χ1n) is 6.59. The number of rotatable bonds is 2. The maximum atomic E-state index is 9.99. The molecule has 3 aromatic rings. The molecule has 0 saturated heterocycles. The summed E-state index contributed by atoms with van der Waals surface area (Å²) in [6.07, 6.45) is -0.649. The Morgan fingerprint density at radius 3 is 2.70 bits per heavy atom. The Morgan fingerprint density at radius 2 is 2.00 bits per heavy atom. The van der Waals surface area contributed by atoms with Crippen LogP contribution in [0.25, 0.3) is 16.7 Å². The van der Waals surface area contributed by atoms with Gasteiger partial charge in [-0.3, -0.25) is 4.57 Å². The van der Waals surface area contributed by atoms with E-state index in [9.17, 15) is 5.11 Å². The van der Waals surface area contributed by atoms with E-state index in [0.717, 1.165) is 22.3 Å². The molecule has 0 saturated carbocycles. The monoisotopic (exact) mass is 267 g/mol. The lowest BCUT2D eigenvalue weighted by molar-refractivity contribution is 0.187. The number of aromatic nitrogens is 2. The Hall–Kier alpha value is -2.33. The van der Waals surface area contributed by atoms with Gasteiger partial charge in [0.25, 0.3) is 0 Å². The van der Waals surface area contributed by atoms with E-state index in [2.05, 4.69) is 11.1 Å². The summed E-state index contributed by atoms with van der Waals surface area (Å²) in [7, 11) is 0. The Labute approximate surface area is 117 Å². The lowest BCUT2D eigenvalue weighted by Crippen LogP contribution is -2.04. The van der Waals surface area contributed by atoms with E-state index in [1.54, 1.807) is 6.92 Å². The van der Waals surface area contributed by atoms with E-state index in [1.165, 1.54) is 0 Å². The van der Waals surface area contributed by atoms with Crippen molar-refractivity contribution in [3.63, 3.8) is 0 Å². The molecule has 20 heavy (non-hydrogen) atoms. The van der Waals surface area contributed by atoms with Gasteiger partial charge in [-0.25, -0.2) is 4.98 Å². The van der Waals surface area contributed by atoms with Crippen LogP contribution < -0.4 is 5.73 Å². The minimum Gasteiger partial charge on any atom is -0.399 e. The second-order valence-electron chi connectivity index (χ2n) is 5.07. The normalized spacial score (nSPS) is 12.8. The van der Waals surface area contributed by atoms with Crippen LogP contribution in [0.1, 0.15) is 24.4 Å². The van der Waals surface area contributed by atoms with Crippen molar-refractivity contribution in [3.05, 3.63) is 53.9 Å². The first kappa shape index (κ1) is 12.7. The summed E-state index contributed by atoms with van der Waals surface area (Å²) in [4.78, 5) is 4.51. The Kier molecular flexibility index (Phi) is 2.95. The molecule has 1 aromatic heterocycles. The fourth-order valence-electron chi connectivity index (χ4n) is 2.43. The third-order valence-corrected chi connectivity index (χ3v) is 3.34. The zero-order valence-corrected chi connectivity index (χ0v) is 11.5. The van der Waals surface area contributed by atoms with Crippen LogP contribution in [0.4, 0.5) is 5.69 Å². The highest BCUT2D eigenvalue weighted by Crippen LogP contribution is 2.26. The predicted molar refractivity (Wildman–Crippen MR) is 80.9 cm³/mol. The van der Waals surface area contributed by atoms with Crippen LogP contribution in [-0.2, 0) is 0 Å². The van der Waals surface area contributed by atoms with Crippen molar-refractivity contribution in [2.45, 2.75) is 20.0 Å². The van der Waals surface area contributed by atoms with Crippen LogP contribution in [0.5, 0.6) is 0 Å². The lowest BCUT2D eigenvalue weighted by Gasteiger charge is -2.11. The zero-order chi connectivity index (χ0) is 14.3. The molecule has 0 aliphatic carbocycles. The summed E-state index contributed by atoms with van der Waals surface area (Å²) < 4.78 is 1.98. The molecule has 0 radical (unpaired) electrons. The Morgan fingerprint density at radius 1 is 1.20 bits per heavy atom. The van der Waals surface area contributed by atoms with Gasteiger partial charge < -0.3 is 10.8 Å². The number of aryl methyl sites for hydroxylation is 1. The van der Waals surface area contributed by atoms with Gasteiger partial charge in [0.1, 0.15) is 11.9 Å². The number of hydrogen-bond acceptors (Lipinski definition) is 3. The van der Waals surface area contributed by atoms with E-state index < -0.39 is 6.10 Å². The van der Waals surface area contributed by atoms with Gasteiger partial charge in [-0.15, -0.1) is 0 Å². The van der Waals surface area contributed by atoms with Gasteiger partial charge >= 0.3 is 0 Å². The largest absolute Gasteiger partial charge is 0.399 e. The Balaban J connectivity index is 2.34. The van der Waals surface area contributed by atoms with Crippen molar-refractivity contribution >= 4 is 16.7 Å². The van der Waals surface area contributed by atoms with E-state index in [1.807, 2.05) is 47.9 Å². The number of hydrogen-bond donors (Lipinski definition) is 2. The molecule has 0 spiro atoms. The summed E-state index contributed by atoms with van der Waals surface area (Å²) in [5.41, 5.74) is 10.4. The number of nitrogen functional groups attached to an aromatic ring is 1. The van der Waals surface area contributed by atoms with E-state index in [0.29, 0.717) is 11.5 Å². The van der Waals surface area contributed by atoms with Gasteiger partial charge in [-0.1, -0.05) is 12.1 Å². The molecule has 0 fully saturated rings. The highest BCUT2D eigenvalue weighted by molar-refractivity contribution is 5.81. The van der Waals surface area contributed by atoms with Crippen LogP contribution in [-0.4, -0.2) is 14.7 Å². The SMILES string of the molecule is Cc1cccc(-n2c(C(C)O)nc3cc(N)ccc32)c1. The summed E-state index contributed by atoms with van der Waals surface area (Å²) in [5, 5.41) is 9.99. The molecular weight excluding hydrogens is 250 g/mol. The van der Waals surface area contributed by atoms with Gasteiger partial charge in [0.05, 0.1) is 11.0 Å². The second kappa shape index (κ2) is 4.65. The molecule has 0 aliphatic rings. The maximum absolute atomic E-state index is 9.99. The van der Waals surface area contributed by atoms with Gasteiger partial charge in [-0.2, -0.15) is 0 Å². The minimum atomic E-state index is -0.649. The molecule has 0 aliphatic heterocycles. The Bertz CT molecular complexity index is 774. The zero-order valence-electron chi connectivity index (χ0n) is 11.5. The number of fused-ring (bicyclic) bond motifs is 1. The van der Waals surface area contributed by atoms with Crippen LogP contribution >= 0.6 is 0 Å². The molecule has 2 aromatic carbocycles. The van der Waals surface area contributed by atoms with Crippen molar-refractivity contribution < 1.29 is 5.11 Å². The molecule has 3 rings (SSSR count). The maximum Gasteiger partial charge on any atom is 0.143 e. The fourth-order valence-corrected chi connectivity index (χ4v) is 2.43. The molecule has 4 nitrogen and oxygen atoms in total. The number of anilines is 1. The number of aliphatic hydroxyl groups excluding tert-OH is 1. The predicted octanol–water partition coefficient (Wildman–Crippen LogP) is 2.97. The molecule has 3 N–H and O–H groups in total. The van der Waals surface area contributed by atoms with E-state index in [4.69, 9.17) is 5.73 Å². The van der Waals surface area contributed by atoms with Crippen LogP contribution in [0, 0.1) is 6.92 Å². The molecule has 102 valence electrons. The number of benzene rings is 2. The van der Waals surface area contributed by atoms with Crippen molar-refractivity contribution in [1.29, 1.82) is 0 Å². The number of aliphatic hydroxyl groups is 1. The standard InChI is InChI=1S/C16H17N3O/c1-10-4-3-5-13(8-10)19-15-7-6-12(17)9-14(15)18-16(19)11(2)20/h3-9,11,20H,17H2,1-2H3. The molecule has 4 heteroatoms. The van der Waals surface area contributed by atoms with Crippen molar-refractivity contribution in [2.75, 3.05) is 5.73 Å². The average Bonchev–Trinajstić information content (AvgIpc) is 2.77. The third kappa shape index (κ3) is 2.04. The van der Waals surface area contributed by atoms with E-state index in [-0.39, 0.29) is 0 Å². The molecule has 0 bridgehead atoms. The topological polar surface area (TPSA) is 64.1 Å². The molecular formula is C16H17N3O. The number of nitrogens with two attached hydrogens (primary N) is 1. The lowest BCUT2D eigenvalue weighted by atomic mass is 10.2. The van der Waals surface area contributed by atoms with Crippen molar-refractivity contribution in [1.82, 2.24) is 9.55 Å². The van der Waals surface area contributed by atoms with E-state index >= 15 is 0 Å². The van der Waals surface area contributed by atoms with Gasteiger partial charge in [-0.05, 0) is 49.7 Å².